The van der Waals surface area contributed by atoms with Crippen LogP contribution >= 0.6 is 0 Å². The third-order valence-corrected chi connectivity index (χ3v) is 5.05. The van der Waals surface area contributed by atoms with Crippen LogP contribution in [0.5, 0.6) is 5.75 Å². The molecule has 4 rings (SSSR count). The van der Waals surface area contributed by atoms with E-state index in [2.05, 4.69) is 68.7 Å². The molecule has 0 saturated carbocycles. The van der Waals surface area contributed by atoms with Crippen LogP contribution in [0.25, 0.3) is 16.3 Å². The van der Waals surface area contributed by atoms with Gasteiger partial charge >= 0.3 is 0 Å². The summed E-state index contributed by atoms with van der Waals surface area (Å²) in [5, 5.41) is 5.99. The Morgan fingerprint density at radius 3 is 2.89 bits per heavy atom. The van der Waals surface area contributed by atoms with Gasteiger partial charge < -0.3 is 10.1 Å². The number of nitrogens with zero attached hydrogens (tertiary/aromatic N) is 3. The lowest BCUT2D eigenvalue weighted by Crippen LogP contribution is -2.33. The molecule has 0 radical (unpaired) electrons. The van der Waals surface area contributed by atoms with Crippen LogP contribution in [0.2, 0.25) is 0 Å². The molecular weight excluding hydrogens is 336 g/mol. The molecule has 0 saturated heterocycles. The van der Waals surface area contributed by atoms with E-state index in [0.717, 1.165) is 38.4 Å². The molecule has 0 aliphatic carbocycles. The molecule has 0 fully saturated rings. The van der Waals surface area contributed by atoms with E-state index >= 15 is 0 Å². The summed E-state index contributed by atoms with van der Waals surface area (Å²) in [5.74, 6) is 1.42. The molecular formula is C22H24N4O. The van der Waals surface area contributed by atoms with Gasteiger partial charge in [0.2, 0.25) is 0 Å². The van der Waals surface area contributed by atoms with Crippen molar-refractivity contribution in [2.75, 3.05) is 38.6 Å². The molecule has 0 spiro atoms. The summed E-state index contributed by atoms with van der Waals surface area (Å²) in [4.78, 5) is 10.7. The maximum atomic E-state index is 5.28. The first-order valence-electron chi connectivity index (χ1n) is 9.32. The van der Waals surface area contributed by atoms with E-state index < -0.39 is 0 Å². The Balaban J connectivity index is 1.37. The van der Waals surface area contributed by atoms with Gasteiger partial charge in [0.25, 0.3) is 0 Å². The smallest absolute Gasteiger partial charge is 0.179 e. The summed E-state index contributed by atoms with van der Waals surface area (Å²) in [6.07, 6.45) is 6.65. The number of anilines is 1. The highest BCUT2D eigenvalue weighted by atomic mass is 16.5. The molecule has 0 bridgehead atoms. The average Bonchev–Trinajstić information content (AvgIpc) is 2.74. The minimum absolute atomic E-state index is 0.675. The Bertz CT molecular complexity index is 948. The lowest BCUT2D eigenvalue weighted by atomic mass is 9.94. The van der Waals surface area contributed by atoms with E-state index in [-0.39, 0.29) is 0 Å². The Kier molecular flexibility index (Phi) is 5.30. The first-order chi connectivity index (χ1) is 13.3. The highest BCUT2D eigenvalue weighted by molar-refractivity contribution is 5.94. The number of hydrogen-bond donors (Lipinski definition) is 1. The Morgan fingerprint density at radius 1 is 1.15 bits per heavy atom. The summed E-state index contributed by atoms with van der Waals surface area (Å²) in [6.45, 7) is 3.83. The standard InChI is InChI=1S/C22H24N4O/c1-27-21-15-23-16-25-22(21)24-11-14-26-12-9-18(10-13-26)20-8-4-6-17-5-2-3-7-19(17)20/h2-9,15-16H,10-14H2,1H3,(H,23,24,25). The van der Waals surface area contributed by atoms with Crippen molar-refractivity contribution in [1.29, 1.82) is 0 Å². The second kappa shape index (κ2) is 8.18. The highest BCUT2D eigenvalue weighted by Crippen LogP contribution is 2.29. The molecule has 0 amide bonds. The van der Waals surface area contributed by atoms with Gasteiger partial charge in [-0.05, 0) is 28.3 Å². The first kappa shape index (κ1) is 17.5. The van der Waals surface area contributed by atoms with Crippen LogP contribution in [0, 0.1) is 0 Å². The molecule has 1 aliphatic rings. The highest BCUT2D eigenvalue weighted by Gasteiger charge is 2.14. The zero-order valence-corrected chi connectivity index (χ0v) is 15.6. The van der Waals surface area contributed by atoms with Crippen molar-refractivity contribution in [2.24, 2.45) is 0 Å². The van der Waals surface area contributed by atoms with Gasteiger partial charge in [-0.1, -0.05) is 48.5 Å². The molecule has 1 aliphatic heterocycles. The van der Waals surface area contributed by atoms with E-state index in [1.54, 1.807) is 13.3 Å². The predicted molar refractivity (Wildman–Crippen MR) is 110 cm³/mol. The van der Waals surface area contributed by atoms with Crippen molar-refractivity contribution in [3.05, 3.63) is 66.6 Å². The Hall–Kier alpha value is -2.92. The van der Waals surface area contributed by atoms with Crippen molar-refractivity contribution < 1.29 is 4.74 Å². The maximum Gasteiger partial charge on any atom is 0.179 e. The second-order valence-electron chi connectivity index (χ2n) is 6.67. The minimum atomic E-state index is 0.675. The van der Waals surface area contributed by atoms with Crippen molar-refractivity contribution in [1.82, 2.24) is 14.9 Å². The summed E-state index contributed by atoms with van der Waals surface area (Å²) in [6, 6.07) is 15.2. The van der Waals surface area contributed by atoms with Gasteiger partial charge in [0.05, 0.1) is 13.3 Å². The van der Waals surface area contributed by atoms with Crippen LogP contribution in [0.4, 0.5) is 5.82 Å². The number of aromatic nitrogens is 2. The van der Waals surface area contributed by atoms with Crippen molar-refractivity contribution in [2.45, 2.75) is 6.42 Å². The zero-order chi connectivity index (χ0) is 18.5. The molecule has 5 nitrogen and oxygen atoms in total. The van der Waals surface area contributed by atoms with E-state index in [4.69, 9.17) is 4.74 Å². The van der Waals surface area contributed by atoms with Crippen LogP contribution < -0.4 is 10.1 Å². The van der Waals surface area contributed by atoms with Crippen LogP contribution in [0.1, 0.15) is 12.0 Å². The molecule has 1 aromatic heterocycles. The maximum absolute atomic E-state index is 5.28. The third kappa shape index (κ3) is 3.93. The molecule has 2 aromatic carbocycles. The number of rotatable bonds is 6. The minimum Gasteiger partial charge on any atom is -0.491 e. The van der Waals surface area contributed by atoms with Gasteiger partial charge in [-0.2, -0.15) is 0 Å². The predicted octanol–water partition coefficient (Wildman–Crippen LogP) is 3.84. The number of hydrogen-bond acceptors (Lipinski definition) is 5. The molecule has 2 heterocycles. The molecule has 1 N–H and O–H groups in total. The molecule has 0 atom stereocenters. The zero-order valence-electron chi connectivity index (χ0n) is 15.6. The normalized spacial score (nSPS) is 14.8. The lowest BCUT2D eigenvalue weighted by molar-refractivity contribution is 0.313. The quantitative estimate of drug-likeness (QED) is 0.724. The van der Waals surface area contributed by atoms with E-state index in [9.17, 15) is 0 Å². The van der Waals surface area contributed by atoms with Crippen LogP contribution in [-0.2, 0) is 0 Å². The summed E-state index contributed by atoms with van der Waals surface area (Å²) in [5.41, 5.74) is 2.82. The van der Waals surface area contributed by atoms with Crippen LogP contribution in [-0.4, -0.2) is 48.2 Å². The van der Waals surface area contributed by atoms with Gasteiger partial charge in [-0.15, -0.1) is 0 Å². The number of methoxy groups -OCH3 is 1. The van der Waals surface area contributed by atoms with Crippen molar-refractivity contribution in [3.63, 3.8) is 0 Å². The fourth-order valence-corrected chi connectivity index (χ4v) is 3.60. The molecule has 5 heteroatoms. The van der Waals surface area contributed by atoms with Crippen molar-refractivity contribution in [3.8, 4) is 5.75 Å². The number of ether oxygens (including phenoxy) is 1. The van der Waals surface area contributed by atoms with Crippen LogP contribution in [0.15, 0.2) is 61.1 Å². The summed E-state index contributed by atoms with van der Waals surface area (Å²) in [7, 11) is 1.63. The number of benzene rings is 2. The third-order valence-electron chi connectivity index (χ3n) is 5.05. The van der Waals surface area contributed by atoms with E-state index in [1.165, 1.54) is 28.2 Å². The molecule has 27 heavy (non-hydrogen) atoms. The topological polar surface area (TPSA) is 50.3 Å². The fourth-order valence-electron chi connectivity index (χ4n) is 3.60. The molecule has 3 aromatic rings. The molecule has 138 valence electrons. The van der Waals surface area contributed by atoms with Crippen molar-refractivity contribution >= 4 is 22.2 Å². The Labute approximate surface area is 159 Å². The van der Waals surface area contributed by atoms with Gasteiger partial charge in [-0.3, -0.25) is 4.90 Å². The summed E-state index contributed by atoms with van der Waals surface area (Å²) < 4.78 is 5.28. The van der Waals surface area contributed by atoms with Crippen LogP contribution in [0.3, 0.4) is 0 Å². The lowest BCUT2D eigenvalue weighted by Gasteiger charge is -2.27. The second-order valence-corrected chi connectivity index (χ2v) is 6.67. The monoisotopic (exact) mass is 360 g/mol. The number of nitrogens with one attached hydrogen (secondary N) is 1. The fraction of sp³-hybridized carbons (Fsp3) is 0.273. The SMILES string of the molecule is COc1cncnc1NCCN1CC=C(c2cccc3ccccc23)CC1. The summed E-state index contributed by atoms with van der Waals surface area (Å²) >= 11 is 0. The number of fused-ring (bicyclic) bond motifs is 1. The first-order valence-corrected chi connectivity index (χ1v) is 9.32. The molecule has 0 unspecified atom stereocenters. The van der Waals surface area contributed by atoms with E-state index in [1.807, 2.05) is 0 Å². The van der Waals surface area contributed by atoms with Gasteiger partial charge in [0.1, 0.15) is 6.33 Å². The van der Waals surface area contributed by atoms with Gasteiger partial charge in [0, 0.05) is 26.2 Å². The Morgan fingerprint density at radius 2 is 2.04 bits per heavy atom. The van der Waals surface area contributed by atoms with Gasteiger partial charge in [0.15, 0.2) is 11.6 Å². The largest absolute Gasteiger partial charge is 0.491 e. The van der Waals surface area contributed by atoms with Gasteiger partial charge in [-0.25, -0.2) is 9.97 Å². The van der Waals surface area contributed by atoms with E-state index in [0.29, 0.717) is 5.75 Å². The average molecular weight is 360 g/mol.